The third kappa shape index (κ3) is 5.82. The van der Waals surface area contributed by atoms with E-state index in [4.69, 9.17) is 9.97 Å². The molecule has 3 unspecified atom stereocenters. The summed E-state index contributed by atoms with van der Waals surface area (Å²) in [4.78, 5) is 32.8. The normalized spacial score (nSPS) is 26.7. The Morgan fingerprint density at radius 2 is 1.80 bits per heavy atom. The van der Waals surface area contributed by atoms with Crippen molar-refractivity contribution in [1.29, 1.82) is 0 Å². The lowest BCUT2D eigenvalue weighted by Gasteiger charge is -2.34. The molecular formula is C35H45N7O3S. The second kappa shape index (κ2) is 10.9. The van der Waals surface area contributed by atoms with Crippen LogP contribution in [0.3, 0.4) is 0 Å². The molecule has 1 aliphatic carbocycles. The third-order valence-electron chi connectivity index (χ3n) is 10.4. The van der Waals surface area contributed by atoms with Gasteiger partial charge in [0.2, 0.25) is 0 Å². The minimum absolute atomic E-state index is 0.00486. The number of aromatic nitrogens is 3. The van der Waals surface area contributed by atoms with Gasteiger partial charge in [-0.15, -0.1) is 0 Å². The number of carbonyl (C=O) groups is 1. The monoisotopic (exact) mass is 643 g/mol. The molecule has 3 atom stereocenters. The van der Waals surface area contributed by atoms with Crippen LogP contribution in [0.1, 0.15) is 88.5 Å². The largest absolute Gasteiger partial charge is 0.370 e. The average Bonchev–Trinajstić information content (AvgIpc) is 3.30. The van der Waals surface area contributed by atoms with E-state index in [1.807, 2.05) is 12.3 Å². The Hall–Kier alpha value is -3.73. The smallest absolute Gasteiger partial charge is 0.281 e. The number of carbonyl (C=O) groups excluding carboxylic acids is 1. The van der Waals surface area contributed by atoms with Gasteiger partial charge in [-0.05, 0) is 93.7 Å². The molecule has 3 aromatic heterocycles. The molecule has 1 amide bonds. The van der Waals surface area contributed by atoms with E-state index in [-0.39, 0.29) is 33.0 Å². The number of sulfonamides is 1. The van der Waals surface area contributed by atoms with Gasteiger partial charge in [0.25, 0.3) is 15.9 Å². The minimum Gasteiger partial charge on any atom is -0.370 e. The van der Waals surface area contributed by atoms with Crippen molar-refractivity contribution in [2.75, 3.05) is 34.8 Å². The summed E-state index contributed by atoms with van der Waals surface area (Å²) in [5.41, 5.74) is 2.83. The molecule has 2 saturated heterocycles. The highest BCUT2D eigenvalue weighted by Crippen LogP contribution is 2.64. The quantitative estimate of drug-likeness (QED) is 0.391. The van der Waals surface area contributed by atoms with Gasteiger partial charge in [-0.3, -0.25) is 9.78 Å². The summed E-state index contributed by atoms with van der Waals surface area (Å²) in [7, 11) is -4.26. The van der Waals surface area contributed by atoms with E-state index in [2.05, 4.69) is 71.6 Å². The summed E-state index contributed by atoms with van der Waals surface area (Å²) in [6.07, 6.45) is 8.06. The topological polar surface area (TPSA) is 120 Å². The maximum absolute atomic E-state index is 13.7. The van der Waals surface area contributed by atoms with Crippen LogP contribution in [0.5, 0.6) is 0 Å². The fraction of sp³-hybridized carbons (Fsp3) is 0.543. The summed E-state index contributed by atoms with van der Waals surface area (Å²) in [5, 5.41) is 3.36. The second-order valence-corrected chi connectivity index (χ2v) is 17.1. The van der Waals surface area contributed by atoms with Crippen LogP contribution < -0.4 is 19.8 Å². The molecule has 4 aliphatic rings. The number of nitrogens with zero attached hydrogens (tertiary/aromatic N) is 5. The number of anilines is 3. The van der Waals surface area contributed by atoms with Crippen LogP contribution in [-0.4, -0.2) is 60.5 Å². The Labute approximate surface area is 272 Å². The van der Waals surface area contributed by atoms with Crippen molar-refractivity contribution in [3.63, 3.8) is 0 Å². The predicted molar refractivity (Wildman–Crippen MR) is 180 cm³/mol. The van der Waals surface area contributed by atoms with E-state index in [0.717, 1.165) is 56.0 Å². The molecule has 0 radical (unpaired) electrons. The first-order chi connectivity index (χ1) is 21.7. The molecule has 1 saturated carbocycles. The maximum Gasteiger partial charge on any atom is 0.281 e. The summed E-state index contributed by atoms with van der Waals surface area (Å²) in [6.45, 7) is 13.6. The molecule has 10 nitrogen and oxygen atoms in total. The van der Waals surface area contributed by atoms with Gasteiger partial charge in [-0.2, -0.15) is 8.42 Å². The van der Waals surface area contributed by atoms with Gasteiger partial charge in [-0.25, -0.2) is 14.7 Å². The van der Waals surface area contributed by atoms with Crippen molar-refractivity contribution in [3.8, 4) is 0 Å². The lowest BCUT2D eigenvalue weighted by molar-refractivity contribution is 0.0981. The van der Waals surface area contributed by atoms with Crippen molar-refractivity contribution in [2.24, 2.45) is 11.3 Å². The number of rotatable bonds is 3. The van der Waals surface area contributed by atoms with Crippen molar-refractivity contribution >= 4 is 33.3 Å². The van der Waals surface area contributed by atoms with Crippen molar-refractivity contribution < 1.29 is 13.2 Å². The Morgan fingerprint density at radius 3 is 2.52 bits per heavy atom. The predicted octanol–water partition coefficient (Wildman–Crippen LogP) is 5.31. The summed E-state index contributed by atoms with van der Waals surface area (Å²) in [6, 6.07) is 12.7. The molecule has 4 bridgehead atoms. The zero-order valence-corrected chi connectivity index (χ0v) is 28.3. The SMILES string of the molecule is CC(C)(C)c1ccc2c(n1)N1CC3(CC3CC(Cc3ccc(N4CCCC4)cn3)Nc3cccc(n3)S(=O)(=O)NC2=O)CC1(C)C. The van der Waals surface area contributed by atoms with Crippen LogP contribution in [0.25, 0.3) is 0 Å². The Balaban J connectivity index is 1.26. The van der Waals surface area contributed by atoms with Gasteiger partial charge in [0.05, 0.1) is 17.4 Å². The van der Waals surface area contributed by atoms with Gasteiger partial charge in [0, 0.05) is 54.4 Å². The molecule has 3 fully saturated rings. The van der Waals surface area contributed by atoms with Crippen LogP contribution in [0.15, 0.2) is 53.7 Å². The molecule has 3 aromatic rings. The Morgan fingerprint density at radius 1 is 1.02 bits per heavy atom. The average molecular weight is 644 g/mol. The van der Waals surface area contributed by atoms with Gasteiger partial charge in [0.15, 0.2) is 5.03 Å². The highest BCUT2D eigenvalue weighted by Gasteiger charge is 2.63. The van der Waals surface area contributed by atoms with Gasteiger partial charge >= 0.3 is 0 Å². The molecule has 0 aromatic carbocycles. The zero-order valence-electron chi connectivity index (χ0n) is 27.5. The second-order valence-electron chi connectivity index (χ2n) is 15.4. The van der Waals surface area contributed by atoms with E-state index < -0.39 is 15.9 Å². The van der Waals surface area contributed by atoms with E-state index in [1.165, 1.54) is 18.9 Å². The van der Waals surface area contributed by atoms with E-state index >= 15 is 0 Å². The van der Waals surface area contributed by atoms with Crippen molar-refractivity contribution in [3.05, 3.63) is 65.6 Å². The molecule has 11 heteroatoms. The number of amides is 1. The fourth-order valence-electron chi connectivity index (χ4n) is 7.90. The van der Waals surface area contributed by atoms with Gasteiger partial charge < -0.3 is 15.1 Å². The summed E-state index contributed by atoms with van der Waals surface area (Å²) < 4.78 is 29.4. The standard InChI is InChI=1S/C35H45N7O3S/c1-33(2,3)28-14-13-27-31(38-28)42-22-35(21-34(42,4)5)19-23(35)17-25(18-24-11-12-26(20-36-24)41-15-6-7-16-41)37-29-9-8-10-30(39-29)46(44,45)40-32(27)43/h8-14,20,23,25H,6-7,15-19,21-22H2,1-5H3,(H,37,39)(H,40,43). The zero-order chi connectivity index (χ0) is 32.5. The van der Waals surface area contributed by atoms with Gasteiger partial charge in [-0.1, -0.05) is 26.8 Å². The first-order valence-corrected chi connectivity index (χ1v) is 18.0. The van der Waals surface area contributed by atoms with E-state index in [9.17, 15) is 13.2 Å². The summed E-state index contributed by atoms with van der Waals surface area (Å²) >= 11 is 0. The minimum atomic E-state index is -4.26. The number of hydrogen-bond donors (Lipinski definition) is 2. The molecule has 6 heterocycles. The Bertz CT molecular complexity index is 1760. The molecule has 1 spiro atoms. The number of nitrogens with one attached hydrogen (secondary N) is 2. The van der Waals surface area contributed by atoms with Crippen LogP contribution >= 0.6 is 0 Å². The first kappa shape index (κ1) is 30.9. The summed E-state index contributed by atoms with van der Waals surface area (Å²) in [5.74, 6) is 0.756. The van der Waals surface area contributed by atoms with Crippen LogP contribution in [0.4, 0.5) is 17.3 Å². The van der Waals surface area contributed by atoms with E-state index in [1.54, 1.807) is 18.2 Å². The number of fused-ring (bicyclic) bond motifs is 5. The lowest BCUT2D eigenvalue weighted by Crippen LogP contribution is -2.41. The molecule has 7 rings (SSSR count). The molecule has 244 valence electrons. The maximum atomic E-state index is 13.7. The number of hydrogen-bond acceptors (Lipinski definition) is 9. The van der Waals surface area contributed by atoms with Crippen molar-refractivity contribution in [1.82, 2.24) is 19.7 Å². The molecule has 2 N–H and O–H groups in total. The van der Waals surface area contributed by atoms with Crippen LogP contribution in [0.2, 0.25) is 0 Å². The highest BCUT2D eigenvalue weighted by molar-refractivity contribution is 7.90. The first-order valence-electron chi connectivity index (χ1n) is 16.5. The Kier molecular flexibility index (Phi) is 7.34. The fourth-order valence-corrected chi connectivity index (χ4v) is 8.83. The van der Waals surface area contributed by atoms with Crippen LogP contribution in [0, 0.1) is 11.3 Å². The third-order valence-corrected chi connectivity index (χ3v) is 11.6. The van der Waals surface area contributed by atoms with Crippen molar-refractivity contribution in [2.45, 2.75) is 95.2 Å². The highest BCUT2D eigenvalue weighted by atomic mass is 32.2. The molecular weight excluding hydrogens is 598 g/mol. The van der Waals surface area contributed by atoms with E-state index in [0.29, 0.717) is 24.0 Å². The van der Waals surface area contributed by atoms with Gasteiger partial charge in [0.1, 0.15) is 11.6 Å². The van der Waals surface area contributed by atoms with Crippen LogP contribution in [-0.2, 0) is 21.9 Å². The molecule has 46 heavy (non-hydrogen) atoms. The number of pyridine rings is 3. The molecule has 3 aliphatic heterocycles. The lowest BCUT2D eigenvalue weighted by atomic mass is 9.90.